The van der Waals surface area contributed by atoms with E-state index in [0.29, 0.717) is 0 Å². The standard InChI is InChI=1S/C22H20ClN3/c23-20-9-7-17(8-10-20)16-26-13-3-6-21(26)14-18-4-2-12-25-22(18)19-5-1-11-24-15-19/h1,3,5-11,13-15H,2,4,12,16H2/b18-14+. The molecule has 0 N–H and O–H groups in total. The van der Waals surface area contributed by atoms with Crippen molar-refractivity contribution in [3.8, 4) is 0 Å². The van der Waals surface area contributed by atoms with E-state index >= 15 is 0 Å². The van der Waals surface area contributed by atoms with Gasteiger partial charge >= 0.3 is 0 Å². The van der Waals surface area contributed by atoms with E-state index in [0.717, 1.165) is 42.2 Å². The molecule has 3 heterocycles. The summed E-state index contributed by atoms with van der Waals surface area (Å²) >= 11 is 5.99. The van der Waals surface area contributed by atoms with Gasteiger partial charge in [-0.15, -0.1) is 0 Å². The number of rotatable bonds is 4. The van der Waals surface area contributed by atoms with E-state index in [9.17, 15) is 0 Å². The van der Waals surface area contributed by atoms with E-state index in [1.807, 2.05) is 24.4 Å². The highest BCUT2D eigenvalue weighted by Crippen LogP contribution is 2.22. The molecule has 0 saturated heterocycles. The zero-order chi connectivity index (χ0) is 17.8. The van der Waals surface area contributed by atoms with Crippen LogP contribution in [-0.4, -0.2) is 21.8 Å². The van der Waals surface area contributed by atoms with E-state index in [2.05, 4.69) is 52.2 Å². The molecule has 0 spiro atoms. The first-order valence-electron chi connectivity index (χ1n) is 8.85. The Morgan fingerprint density at radius 2 is 1.96 bits per heavy atom. The Hall–Kier alpha value is -2.65. The minimum atomic E-state index is 0.767. The molecule has 4 rings (SSSR count). The minimum absolute atomic E-state index is 0.767. The highest BCUT2D eigenvalue weighted by molar-refractivity contribution is 6.30. The highest BCUT2D eigenvalue weighted by Gasteiger charge is 2.15. The molecule has 130 valence electrons. The summed E-state index contributed by atoms with van der Waals surface area (Å²) in [5.41, 5.74) is 5.86. The van der Waals surface area contributed by atoms with Gasteiger partial charge in [-0.2, -0.15) is 0 Å². The van der Waals surface area contributed by atoms with Crippen LogP contribution in [0.25, 0.3) is 6.08 Å². The SMILES string of the molecule is Clc1ccc(Cn2cccc2/C=C2\CCCN=C2c2cccnc2)cc1. The normalized spacial score (nSPS) is 15.9. The van der Waals surface area contributed by atoms with Crippen LogP contribution >= 0.6 is 11.6 Å². The zero-order valence-corrected chi connectivity index (χ0v) is 15.2. The van der Waals surface area contributed by atoms with Crippen molar-refractivity contribution >= 4 is 23.4 Å². The number of hydrogen-bond donors (Lipinski definition) is 0. The van der Waals surface area contributed by atoms with Crippen LogP contribution in [0.1, 0.15) is 29.7 Å². The minimum Gasteiger partial charge on any atom is -0.344 e. The van der Waals surface area contributed by atoms with Crippen molar-refractivity contribution in [3.05, 3.63) is 94.5 Å². The molecular formula is C22H20ClN3. The number of aliphatic imine (C=N–C) groups is 1. The topological polar surface area (TPSA) is 30.2 Å². The van der Waals surface area contributed by atoms with Crippen molar-refractivity contribution in [2.24, 2.45) is 4.99 Å². The molecule has 0 saturated carbocycles. The van der Waals surface area contributed by atoms with Crippen LogP contribution < -0.4 is 0 Å². The summed E-state index contributed by atoms with van der Waals surface area (Å²) in [5.74, 6) is 0. The van der Waals surface area contributed by atoms with E-state index in [-0.39, 0.29) is 0 Å². The van der Waals surface area contributed by atoms with Crippen molar-refractivity contribution in [2.75, 3.05) is 6.54 Å². The van der Waals surface area contributed by atoms with Crippen molar-refractivity contribution < 1.29 is 0 Å². The molecule has 0 unspecified atom stereocenters. The van der Waals surface area contributed by atoms with Crippen LogP contribution in [0.5, 0.6) is 0 Å². The maximum Gasteiger partial charge on any atom is 0.0694 e. The van der Waals surface area contributed by atoms with Crippen LogP contribution in [0.15, 0.2) is 77.7 Å². The Morgan fingerprint density at radius 3 is 2.77 bits per heavy atom. The molecule has 0 atom stereocenters. The van der Waals surface area contributed by atoms with Gasteiger partial charge in [-0.05, 0) is 66.5 Å². The van der Waals surface area contributed by atoms with Crippen LogP contribution in [0, 0.1) is 0 Å². The highest BCUT2D eigenvalue weighted by atomic mass is 35.5. The third-order valence-electron chi connectivity index (χ3n) is 4.57. The molecule has 3 nitrogen and oxygen atoms in total. The number of aromatic nitrogens is 2. The number of allylic oxidation sites excluding steroid dienone is 1. The Labute approximate surface area is 158 Å². The molecular weight excluding hydrogens is 342 g/mol. The quantitative estimate of drug-likeness (QED) is 0.624. The largest absolute Gasteiger partial charge is 0.344 e. The van der Waals surface area contributed by atoms with E-state index in [1.54, 1.807) is 6.20 Å². The fourth-order valence-corrected chi connectivity index (χ4v) is 3.39. The molecule has 4 heteroatoms. The molecule has 0 amide bonds. The predicted octanol–water partition coefficient (Wildman–Crippen LogP) is 5.25. The Kier molecular flexibility index (Phi) is 4.98. The van der Waals surface area contributed by atoms with Gasteiger partial charge in [-0.1, -0.05) is 23.7 Å². The van der Waals surface area contributed by atoms with Crippen molar-refractivity contribution in [2.45, 2.75) is 19.4 Å². The summed E-state index contributed by atoms with van der Waals surface area (Å²) in [6, 6.07) is 16.3. The van der Waals surface area contributed by atoms with Gasteiger partial charge in [0.15, 0.2) is 0 Å². The van der Waals surface area contributed by atoms with E-state index in [1.165, 1.54) is 16.8 Å². The van der Waals surface area contributed by atoms with Gasteiger partial charge in [0.2, 0.25) is 0 Å². The van der Waals surface area contributed by atoms with Crippen LogP contribution in [0.2, 0.25) is 5.02 Å². The monoisotopic (exact) mass is 361 g/mol. The van der Waals surface area contributed by atoms with Crippen molar-refractivity contribution in [3.63, 3.8) is 0 Å². The number of hydrogen-bond acceptors (Lipinski definition) is 2. The lowest BCUT2D eigenvalue weighted by atomic mass is 9.96. The summed E-state index contributed by atoms with van der Waals surface area (Å²) < 4.78 is 2.26. The van der Waals surface area contributed by atoms with E-state index in [4.69, 9.17) is 16.6 Å². The van der Waals surface area contributed by atoms with Crippen molar-refractivity contribution in [1.29, 1.82) is 0 Å². The fourth-order valence-electron chi connectivity index (χ4n) is 3.27. The first kappa shape index (κ1) is 16.8. The molecule has 26 heavy (non-hydrogen) atoms. The van der Waals surface area contributed by atoms with E-state index < -0.39 is 0 Å². The molecule has 2 aromatic heterocycles. The summed E-state index contributed by atoms with van der Waals surface area (Å²) in [7, 11) is 0. The lowest BCUT2D eigenvalue weighted by Crippen LogP contribution is -2.12. The Bertz CT molecular complexity index is 937. The lowest BCUT2D eigenvalue weighted by molar-refractivity contribution is 0.792. The smallest absolute Gasteiger partial charge is 0.0694 e. The summed E-state index contributed by atoms with van der Waals surface area (Å²) in [6.07, 6.45) is 10.2. The predicted molar refractivity (Wildman–Crippen MR) is 108 cm³/mol. The molecule has 0 aliphatic carbocycles. The average Bonchev–Trinajstić information content (AvgIpc) is 3.11. The maximum absolute atomic E-state index is 5.99. The van der Waals surface area contributed by atoms with Crippen LogP contribution in [-0.2, 0) is 6.54 Å². The second-order valence-corrected chi connectivity index (χ2v) is 6.87. The van der Waals surface area contributed by atoms with Crippen LogP contribution in [0.4, 0.5) is 0 Å². The third kappa shape index (κ3) is 3.78. The first-order valence-corrected chi connectivity index (χ1v) is 9.23. The number of pyridine rings is 1. The molecule has 0 bridgehead atoms. The van der Waals surface area contributed by atoms with Gasteiger partial charge in [0, 0.05) is 48.0 Å². The second kappa shape index (κ2) is 7.71. The van der Waals surface area contributed by atoms with Gasteiger partial charge in [0.1, 0.15) is 0 Å². The zero-order valence-electron chi connectivity index (χ0n) is 14.5. The average molecular weight is 362 g/mol. The lowest BCUT2D eigenvalue weighted by Gasteiger charge is -2.17. The molecule has 0 radical (unpaired) electrons. The van der Waals surface area contributed by atoms with Gasteiger partial charge < -0.3 is 4.57 Å². The molecule has 3 aromatic rings. The summed E-state index contributed by atoms with van der Waals surface area (Å²) in [6.45, 7) is 1.70. The summed E-state index contributed by atoms with van der Waals surface area (Å²) in [4.78, 5) is 9.02. The molecule has 1 aliphatic heterocycles. The maximum atomic E-state index is 5.99. The van der Waals surface area contributed by atoms with Gasteiger partial charge in [-0.3, -0.25) is 9.98 Å². The van der Waals surface area contributed by atoms with Crippen LogP contribution in [0.3, 0.4) is 0 Å². The van der Waals surface area contributed by atoms with Gasteiger partial charge in [0.25, 0.3) is 0 Å². The number of halogens is 1. The molecule has 1 aliphatic rings. The Morgan fingerprint density at radius 1 is 1.08 bits per heavy atom. The molecule has 0 fully saturated rings. The number of nitrogens with zero attached hydrogens (tertiary/aromatic N) is 3. The van der Waals surface area contributed by atoms with Gasteiger partial charge in [-0.25, -0.2) is 0 Å². The van der Waals surface area contributed by atoms with Gasteiger partial charge in [0.05, 0.1) is 5.71 Å². The Balaban J connectivity index is 1.63. The molecule has 1 aromatic carbocycles. The second-order valence-electron chi connectivity index (χ2n) is 6.43. The first-order chi connectivity index (χ1) is 12.8. The summed E-state index contributed by atoms with van der Waals surface area (Å²) in [5, 5.41) is 0.767. The van der Waals surface area contributed by atoms with Crippen molar-refractivity contribution in [1.82, 2.24) is 9.55 Å². The third-order valence-corrected chi connectivity index (χ3v) is 4.82. The number of benzene rings is 1. The fraction of sp³-hybridized carbons (Fsp3) is 0.182.